The van der Waals surface area contributed by atoms with Gasteiger partial charge < -0.3 is 9.47 Å². The fourth-order valence-corrected chi connectivity index (χ4v) is 1.54. The summed E-state index contributed by atoms with van der Waals surface area (Å²) >= 11 is 16.5. The molecular formula is C10H12Cl3NO3. The average molecular weight is 301 g/mol. The third-order valence-corrected chi connectivity index (χ3v) is 2.76. The standard InChI is InChI=1S/C10H12Cl3NO3/c1-6(15)16-5-7-3-2-4-8(7)17-9(14)10(11,12)13/h2,4,7-8,14H,3,5H2,1H3/t7-,8-/m1/s1. The minimum Gasteiger partial charge on any atom is -0.470 e. The van der Waals surface area contributed by atoms with E-state index in [-0.39, 0.29) is 18.5 Å². The first kappa shape index (κ1) is 14.6. The van der Waals surface area contributed by atoms with E-state index in [9.17, 15) is 4.79 Å². The van der Waals surface area contributed by atoms with E-state index in [1.54, 1.807) is 6.08 Å². The maximum atomic E-state index is 10.7. The third-order valence-electron chi connectivity index (χ3n) is 2.24. The van der Waals surface area contributed by atoms with Crippen molar-refractivity contribution in [3.05, 3.63) is 12.2 Å². The molecule has 0 spiro atoms. The average Bonchev–Trinajstić information content (AvgIpc) is 2.60. The predicted molar refractivity (Wildman–Crippen MR) is 66.8 cm³/mol. The normalized spacial score (nSPS) is 23.5. The van der Waals surface area contributed by atoms with E-state index in [0.29, 0.717) is 6.42 Å². The van der Waals surface area contributed by atoms with Gasteiger partial charge in [-0.2, -0.15) is 0 Å². The van der Waals surface area contributed by atoms with E-state index in [0.717, 1.165) is 0 Å². The molecule has 0 aromatic carbocycles. The number of hydrogen-bond donors (Lipinski definition) is 1. The van der Waals surface area contributed by atoms with Gasteiger partial charge in [-0.15, -0.1) is 0 Å². The molecule has 0 fully saturated rings. The Hall–Kier alpha value is -0.450. The van der Waals surface area contributed by atoms with Crippen LogP contribution in [0.4, 0.5) is 0 Å². The summed E-state index contributed by atoms with van der Waals surface area (Å²) in [4.78, 5) is 10.7. The van der Waals surface area contributed by atoms with Crippen LogP contribution in [0.15, 0.2) is 12.2 Å². The first-order chi connectivity index (χ1) is 7.80. The maximum absolute atomic E-state index is 10.7. The first-order valence-electron chi connectivity index (χ1n) is 4.93. The molecule has 0 aromatic heterocycles. The minimum atomic E-state index is -1.87. The number of alkyl halides is 3. The Morgan fingerprint density at radius 1 is 1.53 bits per heavy atom. The molecule has 1 aliphatic carbocycles. The van der Waals surface area contributed by atoms with Crippen molar-refractivity contribution in [3.63, 3.8) is 0 Å². The molecule has 0 aromatic rings. The van der Waals surface area contributed by atoms with Gasteiger partial charge in [0.2, 0.25) is 5.90 Å². The Morgan fingerprint density at radius 2 is 2.18 bits per heavy atom. The molecule has 0 heterocycles. The molecule has 4 nitrogen and oxygen atoms in total. The van der Waals surface area contributed by atoms with Gasteiger partial charge in [-0.1, -0.05) is 40.9 Å². The summed E-state index contributed by atoms with van der Waals surface area (Å²) in [5, 5.41) is 7.45. The number of allylic oxidation sites excluding steroid dienone is 1. The summed E-state index contributed by atoms with van der Waals surface area (Å²) in [5.74, 6) is -0.842. The van der Waals surface area contributed by atoms with Crippen molar-refractivity contribution in [3.8, 4) is 0 Å². The zero-order valence-corrected chi connectivity index (χ0v) is 11.4. The van der Waals surface area contributed by atoms with Crippen LogP contribution in [0.2, 0.25) is 0 Å². The topological polar surface area (TPSA) is 59.4 Å². The summed E-state index contributed by atoms with van der Waals surface area (Å²) in [6.07, 6.45) is 3.94. The van der Waals surface area contributed by atoms with E-state index in [4.69, 9.17) is 49.7 Å². The number of nitrogens with one attached hydrogen (secondary N) is 1. The number of carbonyl (C=O) groups is 1. The predicted octanol–water partition coefficient (Wildman–Crippen LogP) is 2.86. The molecule has 2 atom stereocenters. The van der Waals surface area contributed by atoms with Crippen LogP contribution in [-0.2, 0) is 14.3 Å². The molecule has 96 valence electrons. The Labute approximate surface area is 114 Å². The minimum absolute atomic E-state index is 0.0494. The van der Waals surface area contributed by atoms with Gasteiger partial charge in [0.05, 0.1) is 6.61 Å². The van der Waals surface area contributed by atoms with Crippen molar-refractivity contribution >= 4 is 46.7 Å². The number of carbonyl (C=O) groups excluding carboxylic acids is 1. The van der Waals surface area contributed by atoms with Gasteiger partial charge in [0.15, 0.2) is 0 Å². The largest absolute Gasteiger partial charge is 0.470 e. The molecule has 0 bridgehead atoms. The van der Waals surface area contributed by atoms with Crippen LogP contribution in [0.5, 0.6) is 0 Å². The number of rotatable bonds is 3. The second-order valence-corrected chi connectivity index (χ2v) is 5.92. The number of halogens is 3. The molecule has 0 unspecified atom stereocenters. The molecule has 0 saturated carbocycles. The van der Waals surface area contributed by atoms with Crippen molar-refractivity contribution < 1.29 is 14.3 Å². The van der Waals surface area contributed by atoms with Crippen molar-refractivity contribution in [2.45, 2.75) is 23.2 Å². The second-order valence-electron chi connectivity index (χ2n) is 3.64. The SMILES string of the molecule is CC(=O)OC[C@H]1CC=C[C@H]1OC(=N)C(Cl)(Cl)Cl. The van der Waals surface area contributed by atoms with Gasteiger partial charge in [0.25, 0.3) is 3.79 Å². The molecule has 0 amide bonds. The smallest absolute Gasteiger partial charge is 0.302 e. The van der Waals surface area contributed by atoms with E-state index in [2.05, 4.69) is 0 Å². The van der Waals surface area contributed by atoms with Crippen molar-refractivity contribution in [1.82, 2.24) is 0 Å². The molecule has 17 heavy (non-hydrogen) atoms. The lowest BCUT2D eigenvalue weighted by Gasteiger charge is -2.23. The van der Waals surface area contributed by atoms with Crippen LogP contribution in [-0.4, -0.2) is 28.4 Å². The van der Waals surface area contributed by atoms with Gasteiger partial charge in [0.1, 0.15) is 6.10 Å². The molecule has 7 heteroatoms. The fourth-order valence-electron chi connectivity index (χ4n) is 1.40. The monoisotopic (exact) mass is 299 g/mol. The summed E-state index contributed by atoms with van der Waals surface area (Å²) in [6.45, 7) is 1.56. The van der Waals surface area contributed by atoms with Crippen LogP contribution < -0.4 is 0 Å². The lowest BCUT2D eigenvalue weighted by atomic mass is 10.1. The van der Waals surface area contributed by atoms with Crippen molar-refractivity contribution in [2.75, 3.05) is 6.61 Å². The number of ether oxygens (including phenoxy) is 2. The highest BCUT2D eigenvalue weighted by Gasteiger charge is 2.34. The zero-order valence-electron chi connectivity index (χ0n) is 9.08. The van der Waals surface area contributed by atoms with Crippen LogP contribution in [0, 0.1) is 11.3 Å². The summed E-state index contributed by atoms with van der Waals surface area (Å²) in [7, 11) is 0. The zero-order chi connectivity index (χ0) is 13.1. The maximum Gasteiger partial charge on any atom is 0.302 e. The van der Waals surface area contributed by atoms with Crippen molar-refractivity contribution in [1.29, 1.82) is 5.41 Å². The highest BCUT2D eigenvalue weighted by atomic mass is 35.6. The Bertz CT molecular complexity index is 338. The van der Waals surface area contributed by atoms with Gasteiger partial charge in [-0.25, -0.2) is 0 Å². The van der Waals surface area contributed by atoms with Gasteiger partial charge in [-0.05, 0) is 12.5 Å². The highest BCUT2D eigenvalue weighted by molar-refractivity contribution is 6.76. The fraction of sp³-hybridized carbons (Fsp3) is 0.600. The molecule has 0 radical (unpaired) electrons. The van der Waals surface area contributed by atoms with E-state index in [1.165, 1.54) is 6.92 Å². The number of esters is 1. The van der Waals surface area contributed by atoms with Crippen LogP contribution in [0.25, 0.3) is 0 Å². The van der Waals surface area contributed by atoms with Crippen LogP contribution in [0.1, 0.15) is 13.3 Å². The molecule has 0 aliphatic heterocycles. The lowest BCUT2D eigenvalue weighted by Crippen LogP contribution is -2.31. The molecular weight excluding hydrogens is 288 g/mol. The first-order valence-corrected chi connectivity index (χ1v) is 6.06. The van der Waals surface area contributed by atoms with E-state index in [1.807, 2.05) is 6.08 Å². The number of hydrogen-bond acceptors (Lipinski definition) is 4. The molecule has 1 rings (SSSR count). The van der Waals surface area contributed by atoms with E-state index < -0.39 is 15.8 Å². The van der Waals surface area contributed by atoms with Gasteiger partial charge in [0, 0.05) is 12.8 Å². The molecule has 0 saturated heterocycles. The highest BCUT2D eigenvalue weighted by Crippen LogP contribution is 2.31. The van der Waals surface area contributed by atoms with Gasteiger partial charge in [-0.3, -0.25) is 10.2 Å². The Kier molecular flexibility index (Phi) is 5.10. The van der Waals surface area contributed by atoms with Crippen LogP contribution >= 0.6 is 34.8 Å². The Balaban J connectivity index is 2.49. The molecule has 1 aliphatic rings. The van der Waals surface area contributed by atoms with E-state index >= 15 is 0 Å². The third kappa shape index (κ3) is 4.74. The Morgan fingerprint density at radius 3 is 2.71 bits per heavy atom. The summed E-state index contributed by atoms with van der Waals surface area (Å²) < 4.78 is 8.25. The summed E-state index contributed by atoms with van der Waals surface area (Å²) in [5.41, 5.74) is 0. The van der Waals surface area contributed by atoms with Crippen molar-refractivity contribution in [2.24, 2.45) is 5.92 Å². The quantitative estimate of drug-likeness (QED) is 0.287. The molecule has 1 N–H and O–H groups in total. The lowest BCUT2D eigenvalue weighted by molar-refractivity contribution is -0.142. The van der Waals surface area contributed by atoms with Crippen LogP contribution in [0.3, 0.4) is 0 Å². The second kappa shape index (κ2) is 5.94. The van der Waals surface area contributed by atoms with Gasteiger partial charge >= 0.3 is 5.97 Å². The summed E-state index contributed by atoms with van der Waals surface area (Å²) in [6, 6.07) is 0.